The Morgan fingerprint density at radius 1 is 1.05 bits per heavy atom. The third-order valence-corrected chi connectivity index (χ3v) is 8.37. The van der Waals surface area contributed by atoms with Gasteiger partial charge >= 0.3 is 0 Å². The molecule has 1 N–H and O–H groups in total. The second-order valence-electron chi connectivity index (χ2n) is 11.2. The zero-order valence-electron chi connectivity index (χ0n) is 23.8. The molecule has 3 heterocycles. The lowest BCUT2D eigenvalue weighted by Crippen LogP contribution is -2.52. The maximum atomic E-state index is 13.0. The van der Waals surface area contributed by atoms with Crippen LogP contribution in [0.1, 0.15) is 92.3 Å². The number of benzene rings is 2. The number of imide groups is 1. The van der Waals surface area contributed by atoms with Crippen molar-refractivity contribution >= 4 is 23.3 Å². The van der Waals surface area contributed by atoms with Crippen LogP contribution in [0.3, 0.4) is 0 Å². The first-order chi connectivity index (χ1) is 19.5. The van der Waals surface area contributed by atoms with Gasteiger partial charge in [-0.1, -0.05) is 57.0 Å². The van der Waals surface area contributed by atoms with Gasteiger partial charge in [0.05, 0.1) is 0 Å². The second kappa shape index (κ2) is 12.8. The summed E-state index contributed by atoms with van der Waals surface area (Å²) < 4.78 is 6.29. The number of ether oxygens (including phenoxy) is 1. The molecular weight excluding hydrogens is 502 g/mol. The second-order valence-corrected chi connectivity index (χ2v) is 11.2. The van der Waals surface area contributed by atoms with Crippen molar-refractivity contribution in [2.75, 3.05) is 13.2 Å². The van der Waals surface area contributed by atoms with Gasteiger partial charge in [-0.05, 0) is 79.1 Å². The number of likely N-dealkylation sites (tertiary alicyclic amines) is 1. The Morgan fingerprint density at radius 3 is 2.62 bits per heavy atom. The fourth-order valence-corrected chi connectivity index (χ4v) is 6.23. The van der Waals surface area contributed by atoms with E-state index in [-0.39, 0.29) is 24.1 Å². The molecule has 1 unspecified atom stereocenters. The van der Waals surface area contributed by atoms with Gasteiger partial charge in [0.25, 0.3) is 5.91 Å². The van der Waals surface area contributed by atoms with Crippen LogP contribution in [0.15, 0.2) is 48.5 Å². The fourth-order valence-electron chi connectivity index (χ4n) is 6.23. The van der Waals surface area contributed by atoms with Crippen LogP contribution in [0.2, 0.25) is 0 Å². The number of carbonyl (C=O) groups excluding carboxylic acids is 3. The Balaban J connectivity index is 1.20. The Morgan fingerprint density at radius 2 is 1.88 bits per heavy atom. The summed E-state index contributed by atoms with van der Waals surface area (Å²) in [6.07, 6.45) is 9.79. The Kier molecular flexibility index (Phi) is 9.00. The third kappa shape index (κ3) is 6.30. The van der Waals surface area contributed by atoms with Gasteiger partial charge in [-0.2, -0.15) is 0 Å². The highest BCUT2D eigenvalue weighted by atomic mass is 16.5. The third-order valence-electron chi connectivity index (χ3n) is 8.37. The maximum absolute atomic E-state index is 13.0. The van der Waals surface area contributed by atoms with Crippen molar-refractivity contribution < 1.29 is 19.1 Å². The lowest BCUT2D eigenvalue weighted by Gasteiger charge is -2.35. The lowest BCUT2D eigenvalue weighted by molar-refractivity contribution is -0.136. The van der Waals surface area contributed by atoms with Crippen molar-refractivity contribution in [1.82, 2.24) is 15.1 Å². The van der Waals surface area contributed by atoms with Gasteiger partial charge in [0.15, 0.2) is 0 Å². The minimum Gasteiger partial charge on any atom is -0.492 e. The molecule has 2 aromatic carbocycles. The summed E-state index contributed by atoms with van der Waals surface area (Å²) >= 11 is 0. The molecule has 5 rings (SSSR count). The van der Waals surface area contributed by atoms with Crippen molar-refractivity contribution in [3.63, 3.8) is 0 Å². The monoisotopic (exact) mass is 543 g/mol. The number of fused-ring (bicyclic) bond motifs is 1. The van der Waals surface area contributed by atoms with E-state index in [1.807, 2.05) is 12.1 Å². The molecule has 2 fully saturated rings. The van der Waals surface area contributed by atoms with E-state index in [4.69, 9.17) is 4.74 Å². The molecule has 3 aliphatic heterocycles. The van der Waals surface area contributed by atoms with Crippen LogP contribution in [0.5, 0.6) is 5.75 Å². The first-order valence-corrected chi connectivity index (χ1v) is 14.9. The van der Waals surface area contributed by atoms with Crippen LogP contribution in [-0.4, -0.2) is 52.8 Å². The zero-order chi connectivity index (χ0) is 28.1. The van der Waals surface area contributed by atoms with E-state index in [0.29, 0.717) is 31.2 Å². The molecule has 3 amide bonds. The molecule has 0 saturated carbocycles. The van der Waals surface area contributed by atoms with E-state index < -0.39 is 6.04 Å². The summed E-state index contributed by atoms with van der Waals surface area (Å²) in [6, 6.07) is 14.4. The number of carbonyl (C=O) groups is 3. The molecule has 7 heteroatoms. The summed E-state index contributed by atoms with van der Waals surface area (Å²) in [5, 5.41) is 2.36. The molecule has 7 nitrogen and oxygen atoms in total. The minimum atomic E-state index is -0.604. The van der Waals surface area contributed by atoms with Gasteiger partial charge in [-0.15, -0.1) is 0 Å². The minimum absolute atomic E-state index is 0.160. The van der Waals surface area contributed by atoms with E-state index in [1.54, 1.807) is 11.0 Å². The highest BCUT2D eigenvalue weighted by Gasteiger charge is 2.39. The Bertz CT molecular complexity index is 1270. The molecular formula is C33H41N3O4. The molecule has 3 aliphatic rings. The number of nitrogens with zero attached hydrogens (tertiary/aromatic N) is 2. The van der Waals surface area contributed by atoms with Crippen molar-refractivity contribution in [2.24, 2.45) is 0 Å². The van der Waals surface area contributed by atoms with Crippen LogP contribution in [-0.2, 0) is 22.7 Å². The summed E-state index contributed by atoms with van der Waals surface area (Å²) in [7, 11) is 0. The zero-order valence-corrected chi connectivity index (χ0v) is 23.8. The summed E-state index contributed by atoms with van der Waals surface area (Å²) in [6.45, 7) is 7.36. The molecule has 0 spiro atoms. The van der Waals surface area contributed by atoms with Gasteiger partial charge in [0, 0.05) is 31.1 Å². The number of hydrogen-bond acceptors (Lipinski definition) is 5. The topological polar surface area (TPSA) is 79.0 Å². The maximum Gasteiger partial charge on any atom is 0.255 e. The van der Waals surface area contributed by atoms with Crippen LogP contribution < -0.4 is 10.1 Å². The Labute approximate surface area is 237 Å². The average Bonchev–Trinajstić information content (AvgIpc) is 3.28. The smallest absolute Gasteiger partial charge is 0.255 e. The number of rotatable bonds is 10. The van der Waals surface area contributed by atoms with E-state index in [0.717, 1.165) is 50.1 Å². The molecule has 2 atom stereocenters. The highest BCUT2D eigenvalue weighted by molar-refractivity contribution is 6.05. The summed E-state index contributed by atoms with van der Waals surface area (Å²) in [4.78, 5) is 41.0. The van der Waals surface area contributed by atoms with Gasteiger partial charge in [0.2, 0.25) is 11.8 Å². The first kappa shape index (κ1) is 28.1. The van der Waals surface area contributed by atoms with Crippen LogP contribution in [0, 0.1) is 0 Å². The predicted octanol–water partition coefficient (Wildman–Crippen LogP) is 5.47. The molecule has 2 saturated heterocycles. The largest absolute Gasteiger partial charge is 0.492 e. The molecule has 2 aromatic rings. The van der Waals surface area contributed by atoms with Gasteiger partial charge < -0.3 is 9.64 Å². The molecule has 40 heavy (non-hydrogen) atoms. The van der Waals surface area contributed by atoms with Crippen molar-refractivity contribution in [2.45, 2.75) is 90.4 Å². The molecule has 0 aromatic heterocycles. The number of piperidine rings is 2. The normalized spacial score (nSPS) is 21.9. The Hall–Kier alpha value is -3.45. The van der Waals surface area contributed by atoms with E-state index >= 15 is 0 Å². The lowest BCUT2D eigenvalue weighted by atomic mass is 9.98. The number of hydrogen-bond donors (Lipinski definition) is 1. The van der Waals surface area contributed by atoms with Crippen molar-refractivity contribution in [3.05, 3.63) is 70.8 Å². The van der Waals surface area contributed by atoms with E-state index in [2.05, 4.69) is 54.4 Å². The van der Waals surface area contributed by atoms with Crippen LogP contribution >= 0.6 is 0 Å². The van der Waals surface area contributed by atoms with Crippen molar-refractivity contribution in [1.29, 1.82) is 0 Å². The van der Waals surface area contributed by atoms with Crippen molar-refractivity contribution in [3.8, 4) is 5.75 Å². The van der Waals surface area contributed by atoms with Gasteiger partial charge in [-0.3, -0.25) is 24.6 Å². The number of nitrogens with one attached hydrogen (secondary N) is 1. The first-order valence-electron chi connectivity index (χ1n) is 14.9. The highest BCUT2D eigenvalue weighted by Crippen LogP contribution is 2.31. The quantitative estimate of drug-likeness (QED) is 0.402. The van der Waals surface area contributed by atoms with E-state index in [1.165, 1.54) is 29.5 Å². The predicted molar refractivity (Wildman–Crippen MR) is 156 cm³/mol. The summed E-state index contributed by atoms with van der Waals surface area (Å²) in [5.74, 6) is -0.0786. The number of allylic oxidation sites excluding steroid dienone is 2. The molecule has 0 aliphatic carbocycles. The standard InChI is InChI=1S/C33H41N3O4/c1-3-7-24(8-4-2)25-12-10-23(11-13-25)20-35-18-6-5-9-27(35)22-40-28-14-15-29-26(19-28)21-36(33(29)39)30-16-17-31(37)34-32(30)38/h7,10-15,19,27,30H,3-6,8-9,16-18,20-22H2,1-2H3,(H,34,37,38)/b24-7+/t27-,30?/m1/s1. The molecule has 0 radical (unpaired) electrons. The molecule has 212 valence electrons. The van der Waals surface area contributed by atoms with Gasteiger partial charge in [-0.25, -0.2) is 0 Å². The number of amides is 3. The summed E-state index contributed by atoms with van der Waals surface area (Å²) in [5.41, 5.74) is 5.57. The van der Waals surface area contributed by atoms with Gasteiger partial charge in [0.1, 0.15) is 18.4 Å². The van der Waals surface area contributed by atoms with Crippen LogP contribution in [0.4, 0.5) is 0 Å². The average molecular weight is 544 g/mol. The fraction of sp³-hybridized carbons (Fsp3) is 0.485. The van der Waals surface area contributed by atoms with E-state index in [9.17, 15) is 14.4 Å². The van der Waals surface area contributed by atoms with Crippen LogP contribution in [0.25, 0.3) is 5.57 Å². The SMILES string of the molecule is CC/C=C(\CCC)c1ccc(CN2CCCC[C@@H]2COc2ccc3c(c2)CN(C2CCC(=O)NC2=O)C3=O)cc1. The molecule has 0 bridgehead atoms.